The van der Waals surface area contributed by atoms with Crippen molar-refractivity contribution in [1.82, 2.24) is 5.32 Å². The van der Waals surface area contributed by atoms with Crippen LogP contribution in [0.15, 0.2) is 42.5 Å². The maximum Gasteiger partial charge on any atom is 0.162 e. The minimum atomic E-state index is -0.767. The van der Waals surface area contributed by atoms with Gasteiger partial charge in [0.25, 0.3) is 0 Å². The number of hydrogen-bond acceptors (Lipinski definition) is 1. The fraction of sp³-hybridized carbons (Fsp3) is 0.333. The second kappa shape index (κ2) is 5.94. The van der Waals surface area contributed by atoms with E-state index in [4.69, 9.17) is 0 Å². The van der Waals surface area contributed by atoms with Crippen LogP contribution in [0.3, 0.4) is 0 Å². The molecule has 110 valence electrons. The van der Waals surface area contributed by atoms with Crippen LogP contribution < -0.4 is 5.32 Å². The molecule has 0 radical (unpaired) electrons. The molecule has 3 rings (SSSR count). The molecule has 0 amide bonds. The smallest absolute Gasteiger partial charge is 0.162 e. The first-order valence-corrected chi connectivity index (χ1v) is 7.36. The molecule has 1 nitrogen and oxygen atoms in total. The van der Waals surface area contributed by atoms with Crippen LogP contribution in [-0.2, 0) is 19.3 Å². The van der Waals surface area contributed by atoms with E-state index in [0.29, 0.717) is 17.9 Å². The van der Waals surface area contributed by atoms with Gasteiger partial charge in [0.05, 0.1) is 0 Å². The fourth-order valence-electron chi connectivity index (χ4n) is 3.32. The maximum absolute atomic E-state index is 13.8. The average Bonchev–Trinajstić information content (AvgIpc) is 2.92. The monoisotopic (exact) mass is 287 g/mol. The average molecular weight is 287 g/mol. The molecular formula is C18H19F2N. The van der Waals surface area contributed by atoms with Crippen LogP contribution in [0.2, 0.25) is 0 Å². The van der Waals surface area contributed by atoms with Gasteiger partial charge in [-0.15, -0.1) is 0 Å². The topological polar surface area (TPSA) is 12.0 Å². The van der Waals surface area contributed by atoms with Crippen molar-refractivity contribution in [2.24, 2.45) is 5.92 Å². The lowest BCUT2D eigenvalue weighted by atomic mass is 9.91. The van der Waals surface area contributed by atoms with Gasteiger partial charge in [0.1, 0.15) is 0 Å². The Hall–Kier alpha value is -1.74. The van der Waals surface area contributed by atoms with Crippen molar-refractivity contribution in [1.29, 1.82) is 0 Å². The molecule has 0 saturated carbocycles. The second-order valence-electron chi connectivity index (χ2n) is 5.75. The Morgan fingerprint density at radius 2 is 1.71 bits per heavy atom. The third-order valence-electron chi connectivity index (χ3n) is 4.49. The molecule has 3 heteroatoms. The van der Waals surface area contributed by atoms with Crippen LogP contribution in [0.5, 0.6) is 0 Å². The van der Waals surface area contributed by atoms with Gasteiger partial charge in [-0.25, -0.2) is 8.78 Å². The Kier molecular flexibility index (Phi) is 4.02. The molecule has 0 heterocycles. The van der Waals surface area contributed by atoms with Gasteiger partial charge in [-0.3, -0.25) is 0 Å². The lowest BCUT2D eigenvalue weighted by Gasteiger charge is -2.23. The minimum absolute atomic E-state index is 0.147. The van der Waals surface area contributed by atoms with E-state index in [-0.39, 0.29) is 6.04 Å². The van der Waals surface area contributed by atoms with E-state index >= 15 is 0 Å². The number of halogens is 2. The zero-order valence-corrected chi connectivity index (χ0v) is 12.1. The molecule has 21 heavy (non-hydrogen) atoms. The van der Waals surface area contributed by atoms with Gasteiger partial charge in [-0.05, 0) is 55.0 Å². The lowest BCUT2D eigenvalue weighted by Crippen LogP contribution is -2.36. The predicted octanol–water partition coefficient (Wildman–Crippen LogP) is 3.51. The summed E-state index contributed by atoms with van der Waals surface area (Å²) in [5, 5.41) is 3.28. The predicted molar refractivity (Wildman–Crippen MR) is 80.2 cm³/mol. The van der Waals surface area contributed by atoms with E-state index in [1.165, 1.54) is 17.2 Å². The molecule has 2 aromatic rings. The summed E-state index contributed by atoms with van der Waals surface area (Å²) in [6.45, 7) is 0. The molecule has 2 aromatic carbocycles. The first kappa shape index (κ1) is 14.2. The maximum atomic E-state index is 13.8. The van der Waals surface area contributed by atoms with Crippen LogP contribution in [0, 0.1) is 17.6 Å². The normalized spacial score (nSPS) is 16.0. The third kappa shape index (κ3) is 2.84. The van der Waals surface area contributed by atoms with Crippen LogP contribution in [0.4, 0.5) is 8.78 Å². The van der Waals surface area contributed by atoms with E-state index in [1.54, 1.807) is 12.1 Å². The van der Waals surface area contributed by atoms with Crippen LogP contribution in [0.1, 0.15) is 16.7 Å². The summed E-state index contributed by atoms with van der Waals surface area (Å²) < 4.78 is 27.2. The minimum Gasteiger partial charge on any atom is -0.316 e. The van der Waals surface area contributed by atoms with E-state index in [0.717, 1.165) is 12.8 Å². The lowest BCUT2D eigenvalue weighted by molar-refractivity contribution is 0.376. The zero-order valence-electron chi connectivity index (χ0n) is 12.1. The molecule has 0 aliphatic heterocycles. The number of rotatable bonds is 4. The highest BCUT2D eigenvalue weighted by Crippen LogP contribution is 2.30. The van der Waals surface area contributed by atoms with Crippen molar-refractivity contribution < 1.29 is 8.78 Å². The second-order valence-corrected chi connectivity index (χ2v) is 5.75. The Labute approximate surface area is 124 Å². The Morgan fingerprint density at radius 1 is 1.05 bits per heavy atom. The molecule has 1 aliphatic carbocycles. The molecule has 0 fully saturated rings. The first-order valence-electron chi connectivity index (χ1n) is 7.36. The first-order chi connectivity index (χ1) is 10.2. The van der Waals surface area contributed by atoms with Gasteiger partial charge in [0, 0.05) is 6.04 Å². The number of hydrogen-bond donors (Lipinski definition) is 1. The number of benzene rings is 2. The molecular weight excluding hydrogens is 268 g/mol. The molecule has 1 unspecified atom stereocenters. The summed E-state index contributed by atoms with van der Waals surface area (Å²) in [7, 11) is 1.89. The van der Waals surface area contributed by atoms with Crippen molar-refractivity contribution in [2.75, 3.05) is 7.05 Å². The molecule has 0 saturated heterocycles. The summed E-state index contributed by atoms with van der Waals surface area (Å²) >= 11 is 0. The van der Waals surface area contributed by atoms with Crippen molar-refractivity contribution >= 4 is 0 Å². The molecule has 0 bridgehead atoms. The van der Waals surface area contributed by atoms with Crippen molar-refractivity contribution in [3.8, 4) is 0 Å². The van der Waals surface area contributed by atoms with Crippen molar-refractivity contribution in [3.05, 3.63) is 70.8 Å². The number of likely N-dealkylation sites (N-methyl/N-ethyl adjacent to an activating group) is 1. The van der Waals surface area contributed by atoms with Crippen molar-refractivity contribution in [3.63, 3.8) is 0 Å². The summed E-state index contributed by atoms with van der Waals surface area (Å²) in [6, 6.07) is 13.0. The van der Waals surface area contributed by atoms with E-state index < -0.39 is 11.6 Å². The van der Waals surface area contributed by atoms with Crippen LogP contribution >= 0.6 is 0 Å². The Bertz CT molecular complexity index is 614. The zero-order chi connectivity index (χ0) is 14.8. The number of nitrogens with one attached hydrogen (secondary N) is 1. The van der Waals surface area contributed by atoms with Gasteiger partial charge in [0.2, 0.25) is 0 Å². The molecule has 1 atom stereocenters. The highest BCUT2D eigenvalue weighted by molar-refractivity contribution is 5.33. The summed E-state index contributed by atoms with van der Waals surface area (Å²) in [5.41, 5.74) is 3.20. The van der Waals surface area contributed by atoms with E-state index in [2.05, 4.69) is 29.6 Å². The van der Waals surface area contributed by atoms with E-state index in [1.807, 2.05) is 7.05 Å². The van der Waals surface area contributed by atoms with Gasteiger partial charge >= 0.3 is 0 Å². The molecule has 1 N–H and O–H groups in total. The molecule has 0 spiro atoms. The van der Waals surface area contributed by atoms with Gasteiger partial charge in [-0.1, -0.05) is 36.4 Å². The Balaban J connectivity index is 1.77. The van der Waals surface area contributed by atoms with Crippen molar-refractivity contribution in [2.45, 2.75) is 25.3 Å². The third-order valence-corrected chi connectivity index (χ3v) is 4.49. The fourth-order valence-corrected chi connectivity index (χ4v) is 3.32. The van der Waals surface area contributed by atoms with Gasteiger partial charge < -0.3 is 5.32 Å². The number of fused-ring (bicyclic) bond motifs is 1. The Morgan fingerprint density at radius 3 is 2.33 bits per heavy atom. The highest BCUT2D eigenvalue weighted by Gasteiger charge is 2.28. The van der Waals surface area contributed by atoms with Gasteiger partial charge in [-0.2, -0.15) is 0 Å². The quantitative estimate of drug-likeness (QED) is 0.907. The van der Waals surface area contributed by atoms with Crippen LogP contribution in [-0.4, -0.2) is 13.1 Å². The SMILES string of the molecule is CNC(Cc1cccc(F)c1F)C1Cc2ccccc2C1. The largest absolute Gasteiger partial charge is 0.316 e. The highest BCUT2D eigenvalue weighted by atomic mass is 19.2. The standard InChI is InChI=1S/C18H19F2N/c1-21-17(11-14-7-4-8-16(19)18(14)20)15-9-12-5-2-3-6-13(12)10-15/h2-8,15,17,21H,9-11H2,1H3. The summed E-state index contributed by atoms with van der Waals surface area (Å²) in [6.07, 6.45) is 2.51. The molecule has 1 aliphatic rings. The van der Waals surface area contributed by atoms with Gasteiger partial charge in [0.15, 0.2) is 11.6 Å². The summed E-state index contributed by atoms with van der Waals surface area (Å²) in [5.74, 6) is -1.06. The van der Waals surface area contributed by atoms with Crippen LogP contribution in [0.25, 0.3) is 0 Å². The molecule has 0 aromatic heterocycles. The van der Waals surface area contributed by atoms with E-state index in [9.17, 15) is 8.78 Å². The summed E-state index contributed by atoms with van der Waals surface area (Å²) in [4.78, 5) is 0.